The fraction of sp³-hybridized carbons (Fsp3) is 0.423. The molecular weight excluding hydrogens is 452 g/mol. The number of hydrogen-bond acceptors (Lipinski definition) is 6. The van der Waals surface area contributed by atoms with Gasteiger partial charge in [0, 0.05) is 18.8 Å². The van der Waals surface area contributed by atoms with Gasteiger partial charge in [0.2, 0.25) is 0 Å². The molecule has 2 atom stereocenters. The summed E-state index contributed by atoms with van der Waals surface area (Å²) in [6.07, 6.45) is 7.27. The SMILES string of the molecule is Cc1ccc(S(=O)(=O)OCC2COC(CCCc3cc(C)cc(C)c3)(Cn3ccnc3)O2)cc1. The molecule has 0 spiro atoms. The van der Waals surface area contributed by atoms with Crippen molar-refractivity contribution in [3.63, 3.8) is 0 Å². The summed E-state index contributed by atoms with van der Waals surface area (Å²) in [5.41, 5.74) is 4.78. The summed E-state index contributed by atoms with van der Waals surface area (Å²) in [5, 5.41) is 0. The van der Waals surface area contributed by atoms with Crippen molar-refractivity contribution in [1.29, 1.82) is 0 Å². The van der Waals surface area contributed by atoms with Crippen molar-refractivity contribution in [3.05, 3.63) is 83.4 Å². The molecule has 3 aromatic rings. The van der Waals surface area contributed by atoms with E-state index in [2.05, 4.69) is 37.0 Å². The molecular formula is C26H32N2O5S. The molecule has 0 bridgehead atoms. The fourth-order valence-corrected chi connectivity index (χ4v) is 5.30. The van der Waals surface area contributed by atoms with Gasteiger partial charge in [0.25, 0.3) is 10.1 Å². The summed E-state index contributed by atoms with van der Waals surface area (Å²) < 4.78 is 44.8. The molecule has 1 aromatic heterocycles. The molecule has 2 heterocycles. The van der Waals surface area contributed by atoms with Gasteiger partial charge in [-0.25, -0.2) is 4.98 Å². The Morgan fingerprint density at radius 1 is 1.09 bits per heavy atom. The van der Waals surface area contributed by atoms with Gasteiger partial charge in [0.05, 0.1) is 31.0 Å². The first kappa shape index (κ1) is 24.6. The maximum Gasteiger partial charge on any atom is 0.297 e. The van der Waals surface area contributed by atoms with E-state index in [1.54, 1.807) is 36.8 Å². The highest BCUT2D eigenvalue weighted by Crippen LogP contribution is 2.32. The topological polar surface area (TPSA) is 79.7 Å². The molecule has 1 aliphatic heterocycles. The van der Waals surface area contributed by atoms with Crippen molar-refractivity contribution in [2.45, 2.75) is 63.4 Å². The van der Waals surface area contributed by atoms with Gasteiger partial charge >= 0.3 is 0 Å². The number of aromatic nitrogens is 2. The van der Waals surface area contributed by atoms with Crippen LogP contribution in [0.4, 0.5) is 0 Å². The Balaban J connectivity index is 1.39. The van der Waals surface area contributed by atoms with Crippen LogP contribution in [0.5, 0.6) is 0 Å². The average Bonchev–Trinajstić information content (AvgIpc) is 3.43. The molecule has 0 N–H and O–H groups in total. The predicted molar refractivity (Wildman–Crippen MR) is 129 cm³/mol. The lowest BCUT2D eigenvalue weighted by Crippen LogP contribution is -2.37. The molecule has 0 aliphatic carbocycles. The maximum absolute atomic E-state index is 12.6. The Hall–Kier alpha value is -2.52. The molecule has 8 heteroatoms. The second-order valence-electron chi connectivity index (χ2n) is 9.10. The highest BCUT2D eigenvalue weighted by Gasteiger charge is 2.42. The standard InChI is InChI=1S/C26H32N2O5S/c1-20-6-8-25(9-7-20)34(29,30)32-17-24-16-31-26(33-24,18-28-12-11-27-19-28)10-4-5-23-14-21(2)13-22(3)15-23/h6-9,11-15,19,24H,4-5,10,16-18H2,1-3H3. The Morgan fingerprint density at radius 3 is 2.50 bits per heavy atom. The molecule has 0 saturated carbocycles. The third-order valence-corrected chi connectivity index (χ3v) is 7.22. The molecule has 2 unspecified atom stereocenters. The van der Waals surface area contributed by atoms with Crippen LogP contribution in [0.2, 0.25) is 0 Å². The van der Waals surface area contributed by atoms with Gasteiger partial charge in [-0.2, -0.15) is 8.42 Å². The van der Waals surface area contributed by atoms with Crippen LogP contribution >= 0.6 is 0 Å². The lowest BCUT2D eigenvalue weighted by atomic mass is 10.0. The lowest BCUT2D eigenvalue weighted by molar-refractivity contribution is -0.185. The third-order valence-electron chi connectivity index (χ3n) is 5.92. The summed E-state index contributed by atoms with van der Waals surface area (Å²) in [5.74, 6) is -0.860. The van der Waals surface area contributed by atoms with Crippen LogP contribution in [-0.2, 0) is 36.7 Å². The number of ether oxygens (including phenoxy) is 2. The first-order valence-corrected chi connectivity index (χ1v) is 12.9. The van der Waals surface area contributed by atoms with Gasteiger partial charge in [-0.1, -0.05) is 47.0 Å². The largest absolute Gasteiger partial charge is 0.345 e. The van der Waals surface area contributed by atoms with Gasteiger partial charge in [-0.05, 0) is 51.3 Å². The Bertz CT molecular complexity index is 1170. The van der Waals surface area contributed by atoms with E-state index in [9.17, 15) is 8.42 Å². The Kier molecular flexibility index (Phi) is 7.52. The molecule has 7 nitrogen and oxygen atoms in total. The predicted octanol–water partition coefficient (Wildman–Crippen LogP) is 4.35. The fourth-order valence-electron chi connectivity index (χ4n) is 4.36. The average molecular weight is 485 g/mol. The molecule has 1 aliphatic rings. The molecule has 4 rings (SSSR count). The minimum atomic E-state index is -3.86. The van der Waals surface area contributed by atoms with Crippen molar-refractivity contribution < 1.29 is 22.1 Å². The van der Waals surface area contributed by atoms with Gasteiger partial charge < -0.3 is 14.0 Å². The van der Waals surface area contributed by atoms with Crippen LogP contribution in [0.1, 0.15) is 35.1 Å². The van der Waals surface area contributed by atoms with E-state index in [-0.39, 0.29) is 18.1 Å². The van der Waals surface area contributed by atoms with E-state index in [1.807, 2.05) is 17.7 Å². The summed E-state index contributed by atoms with van der Waals surface area (Å²) in [4.78, 5) is 4.25. The van der Waals surface area contributed by atoms with Crippen LogP contribution in [0, 0.1) is 20.8 Å². The first-order valence-electron chi connectivity index (χ1n) is 11.5. The smallest absolute Gasteiger partial charge is 0.297 e. The number of hydrogen-bond donors (Lipinski definition) is 0. The van der Waals surface area contributed by atoms with Crippen molar-refractivity contribution >= 4 is 10.1 Å². The summed E-state index contributed by atoms with van der Waals surface area (Å²) in [6, 6.07) is 13.2. The van der Waals surface area contributed by atoms with Gasteiger partial charge in [0.1, 0.15) is 6.10 Å². The van der Waals surface area contributed by atoms with Crippen LogP contribution in [-0.4, -0.2) is 43.1 Å². The first-order chi connectivity index (χ1) is 16.2. The van der Waals surface area contributed by atoms with E-state index in [1.165, 1.54) is 16.7 Å². The van der Waals surface area contributed by atoms with E-state index < -0.39 is 22.0 Å². The molecule has 34 heavy (non-hydrogen) atoms. The van der Waals surface area contributed by atoms with Crippen molar-refractivity contribution in [1.82, 2.24) is 9.55 Å². The highest BCUT2D eigenvalue weighted by molar-refractivity contribution is 7.86. The Morgan fingerprint density at radius 2 is 1.82 bits per heavy atom. The van der Waals surface area contributed by atoms with E-state index in [0.717, 1.165) is 18.4 Å². The van der Waals surface area contributed by atoms with E-state index in [4.69, 9.17) is 13.7 Å². The van der Waals surface area contributed by atoms with E-state index >= 15 is 0 Å². The molecule has 0 amide bonds. The summed E-state index contributed by atoms with van der Waals surface area (Å²) >= 11 is 0. The van der Waals surface area contributed by atoms with Gasteiger partial charge in [-0.3, -0.25) is 4.18 Å². The second-order valence-corrected chi connectivity index (χ2v) is 10.7. The number of imidazole rings is 1. The second kappa shape index (κ2) is 10.4. The number of nitrogens with zero attached hydrogens (tertiary/aromatic N) is 2. The highest BCUT2D eigenvalue weighted by atomic mass is 32.2. The maximum atomic E-state index is 12.6. The van der Waals surface area contributed by atoms with Crippen molar-refractivity contribution in [3.8, 4) is 0 Å². The Labute approximate surface area is 201 Å². The quantitative estimate of drug-likeness (QED) is 0.398. The van der Waals surface area contributed by atoms with E-state index in [0.29, 0.717) is 13.0 Å². The normalized spacial score (nSPS) is 20.6. The van der Waals surface area contributed by atoms with Gasteiger partial charge in [-0.15, -0.1) is 0 Å². The zero-order chi connectivity index (χ0) is 24.2. The van der Waals surface area contributed by atoms with Crippen LogP contribution in [0.25, 0.3) is 0 Å². The molecule has 2 aromatic carbocycles. The van der Waals surface area contributed by atoms with Crippen LogP contribution in [0.3, 0.4) is 0 Å². The van der Waals surface area contributed by atoms with Crippen molar-refractivity contribution in [2.24, 2.45) is 0 Å². The lowest BCUT2D eigenvalue weighted by Gasteiger charge is -2.28. The molecule has 0 radical (unpaired) electrons. The van der Waals surface area contributed by atoms with Crippen LogP contribution < -0.4 is 0 Å². The number of benzene rings is 2. The monoisotopic (exact) mass is 484 g/mol. The summed E-state index contributed by atoms with van der Waals surface area (Å²) in [7, 11) is -3.86. The van der Waals surface area contributed by atoms with Gasteiger partial charge in [0.15, 0.2) is 5.79 Å². The minimum absolute atomic E-state index is 0.0983. The minimum Gasteiger partial charge on any atom is -0.345 e. The third kappa shape index (κ3) is 6.33. The molecule has 182 valence electrons. The zero-order valence-corrected chi connectivity index (χ0v) is 20.8. The number of rotatable bonds is 10. The van der Waals surface area contributed by atoms with Crippen molar-refractivity contribution in [2.75, 3.05) is 13.2 Å². The molecule has 1 saturated heterocycles. The van der Waals surface area contributed by atoms with Crippen LogP contribution in [0.15, 0.2) is 66.1 Å². The number of aryl methyl sites for hydroxylation is 4. The summed E-state index contributed by atoms with van der Waals surface area (Å²) in [6.45, 7) is 6.76. The molecule has 1 fully saturated rings. The zero-order valence-electron chi connectivity index (χ0n) is 19.9.